The maximum atomic E-state index is 10.2. The van der Waals surface area contributed by atoms with Crippen LogP contribution in [0.5, 0.6) is 0 Å². The van der Waals surface area contributed by atoms with Crippen molar-refractivity contribution >= 4 is 8.07 Å². The van der Waals surface area contributed by atoms with E-state index in [-0.39, 0.29) is 0 Å². The Morgan fingerprint density at radius 1 is 1.29 bits per heavy atom. The maximum Gasteiger partial charge on any atom is 0.0599 e. The van der Waals surface area contributed by atoms with Gasteiger partial charge in [-0.3, -0.25) is 0 Å². The Kier molecular flexibility index (Phi) is 5.10. The normalized spacial score (nSPS) is 16.2. The van der Waals surface area contributed by atoms with E-state index in [2.05, 4.69) is 39.6 Å². The monoisotopic (exact) mass is 214 g/mol. The van der Waals surface area contributed by atoms with E-state index in [4.69, 9.17) is 0 Å². The second-order valence-electron chi connectivity index (χ2n) is 6.05. The first kappa shape index (κ1) is 13.9. The minimum Gasteiger partial charge on any atom is -0.390 e. The molecule has 0 heterocycles. The van der Waals surface area contributed by atoms with Crippen LogP contribution in [0.4, 0.5) is 0 Å². The predicted molar refractivity (Wildman–Crippen MR) is 67.4 cm³/mol. The summed E-state index contributed by atoms with van der Waals surface area (Å²) in [6, 6.07) is 0.997. The van der Waals surface area contributed by atoms with Gasteiger partial charge in [0, 0.05) is 8.07 Å². The van der Waals surface area contributed by atoms with Crippen molar-refractivity contribution in [1.82, 2.24) is 0 Å². The zero-order valence-electron chi connectivity index (χ0n) is 10.6. The van der Waals surface area contributed by atoms with Crippen LogP contribution in [0.3, 0.4) is 0 Å². The first-order valence-corrected chi connectivity index (χ1v) is 9.19. The molecule has 0 rings (SSSR count). The van der Waals surface area contributed by atoms with Gasteiger partial charge in [0.1, 0.15) is 0 Å². The van der Waals surface area contributed by atoms with Crippen LogP contribution in [0, 0.1) is 0 Å². The van der Waals surface area contributed by atoms with E-state index in [0.29, 0.717) is 0 Å². The summed E-state index contributed by atoms with van der Waals surface area (Å²) >= 11 is 0. The molecule has 0 aliphatic heterocycles. The topological polar surface area (TPSA) is 20.2 Å². The van der Waals surface area contributed by atoms with Crippen molar-refractivity contribution in [3.8, 4) is 0 Å². The summed E-state index contributed by atoms with van der Waals surface area (Å²) < 4.78 is 0. The highest BCUT2D eigenvalue weighted by Gasteiger charge is 2.27. The average molecular weight is 214 g/mol. The number of hydrogen-bond acceptors (Lipinski definition) is 1. The van der Waals surface area contributed by atoms with E-state index in [9.17, 15) is 5.11 Å². The van der Waals surface area contributed by atoms with Crippen LogP contribution in [0.1, 0.15) is 33.6 Å². The molecule has 0 spiro atoms. The molecule has 0 aromatic carbocycles. The van der Waals surface area contributed by atoms with Crippen LogP contribution >= 0.6 is 0 Å². The molecule has 1 N–H and O–H groups in total. The molecule has 0 aliphatic carbocycles. The third-order valence-electron chi connectivity index (χ3n) is 2.15. The molecule has 0 radical (unpaired) electrons. The van der Waals surface area contributed by atoms with Crippen molar-refractivity contribution in [1.29, 1.82) is 0 Å². The van der Waals surface area contributed by atoms with Crippen LogP contribution in [-0.2, 0) is 0 Å². The maximum absolute atomic E-state index is 10.2. The summed E-state index contributed by atoms with van der Waals surface area (Å²) in [6.07, 6.45) is 4.10. The number of allylic oxidation sites excluding steroid dienone is 2. The third-order valence-corrected chi connectivity index (χ3v) is 3.97. The third kappa shape index (κ3) is 8.51. The minimum absolute atomic E-state index is 0.462. The van der Waals surface area contributed by atoms with Gasteiger partial charge < -0.3 is 5.11 Å². The quantitative estimate of drug-likeness (QED) is 0.545. The molecule has 0 aromatic rings. The fourth-order valence-electron chi connectivity index (χ4n) is 1.90. The van der Waals surface area contributed by atoms with Gasteiger partial charge in [0.25, 0.3) is 0 Å². The molecule has 0 saturated carbocycles. The molecule has 84 valence electrons. The lowest BCUT2D eigenvalue weighted by Crippen LogP contribution is -2.35. The standard InChI is InChI=1S/C12H26OSi/c1-11(2)8-7-9-12(3,13)10-14(4,5)6/h8,13H,7,9-10H2,1-6H3. The summed E-state index contributed by atoms with van der Waals surface area (Å²) in [5.41, 5.74) is 0.880. The summed E-state index contributed by atoms with van der Waals surface area (Å²) in [5, 5.41) is 10.2. The largest absolute Gasteiger partial charge is 0.390 e. The van der Waals surface area contributed by atoms with Crippen molar-refractivity contribution in [3.63, 3.8) is 0 Å². The second-order valence-corrected chi connectivity index (χ2v) is 11.5. The van der Waals surface area contributed by atoms with E-state index >= 15 is 0 Å². The van der Waals surface area contributed by atoms with Crippen molar-refractivity contribution in [2.45, 2.75) is 64.9 Å². The summed E-state index contributed by atoms with van der Waals surface area (Å²) in [4.78, 5) is 0. The molecule has 0 amide bonds. The van der Waals surface area contributed by atoms with Gasteiger partial charge in [-0.2, -0.15) is 0 Å². The van der Waals surface area contributed by atoms with Crippen molar-refractivity contribution < 1.29 is 5.11 Å². The molecule has 0 fully saturated rings. The smallest absolute Gasteiger partial charge is 0.0599 e. The molecular weight excluding hydrogens is 188 g/mol. The van der Waals surface area contributed by atoms with Gasteiger partial charge in [-0.25, -0.2) is 0 Å². The Morgan fingerprint density at radius 3 is 2.14 bits per heavy atom. The first-order chi connectivity index (χ1) is 6.12. The van der Waals surface area contributed by atoms with Gasteiger partial charge in [0.15, 0.2) is 0 Å². The van der Waals surface area contributed by atoms with Gasteiger partial charge in [0.2, 0.25) is 0 Å². The molecule has 0 bridgehead atoms. The van der Waals surface area contributed by atoms with Gasteiger partial charge in [0.05, 0.1) is 5.60 Å². The molecule has 1 nitrogen and oxygen atoms in total. The second kappa shape index (κ2) is 5.13. The number of aliphatic hydroxyl groups is 1. The van der Waals surface area contributed by atoms with Gasteiger partial charge in [-0.1, -0.05) is 31.3 Å². The van der Waals surface area contributed by atoms with Crippen LogP contribution in [0.15, 0.2) is 11.6 Å². The van der Waals surface area contributed by atoms with Crippen LogP contribution in [-0.4, -0.2) is 18.8 Å². The molecule has 1 unspecified atom stereocenters. The number of hydrogen-bond donors (Lipinski definition) is 1. The lowest BCUT2D eigenvalue weighted by atomic mass is 10.0. The van der Waals surface area contributed by atoms with E-state index in [0.717, 1.165) is 18.9 Å². The molecule has 2 heteroatoms. The molecule has 0 aromatic heterocycles. The van der Waals surface area contributed by atoms with Crippen molar-refractivity contribution in [2.24, 2.45) is 0 Å². The van der Waals surface area contributed by atoms with Crippen molar-refractivity contribution in [2.75, 3.05) is 0 Å². The van der Waals surface area contributed by atoms with Gasteiger partial charge in [-0.05, 0) is 39.7 Å². The van der Waals surface area contributed by atoms with E-state index in [1.165, 1.54) is 5.57 Å². The lowest BCUT2D eigenvalue weighted by Gasteiger charge is -2.29. The molecule has 14 heavy (non-hydrogen) atoms. The highest BCUT2D eigenvalue weighted by atomic mass is 28.3. The zero-order valence-corrected chi connectivity index (χ0v) is 11.6. The summed E-state index contributed by atoms with van der Waals surface area (Å²) in [5.74, 6) is 0. The Labute approximate surface area is 90.2 Å². The van der Waals surface area contributed by atoms with Crippen LogP contribution < -0.4 is 0 Å². The molecule has 1 atom stereocenters. The van der Waals surface area contributed by atoms with Gasteiger partial charge >= 0.3 is 0 Å². The van der Waals surface area contributed by atoms with Crippen LogP contribution in [0.25, 0.3) is 0 Å². The Hall–Kier alpha value is -0.0831. The SMILES string of the molecule is CC(C)=CCCC(C)(O)C[Si](C)(C)C. The predicted octanol–water partition coefficient (Wildman–Crippen LogP) is 3.82. The van der Waals surface area contributed by atoms with Crippen LogP contribution in [0.2, 0.25) is 25.7 Å². The van der Waals surface area contributed by atoms with Gasteiger partial charge in [-0.15, -0.1) is 0 Å². The Morgan fingerprint density at radius 2 is 1.79 bits per heavy atom. The summed E-state index contributed by atoms with van der Waals surface area (Å²) in [6.45, 7) is 13.1. The fourth-order valence-corrected chi connectivity index (χ4v) is 4.36. The Bertz CT molecular complexity index is 195. The Balaban J connectivity index is 4.02. The lowest BCUT2D eigenvalue weighted by molar-refractivity contribution is 0.0706. The van der Waals surface area contributed by atoms with E-state index in [1.807, 2.05) is 6.92 Å². The zero-order chi connectivity index (χ0) is 11.4. The first-order valence-electron chi connectivity index (χ1n) is 5.48. The molecular formula is C12H26OSi. The van der Waals surface area contributed by atoms with E-state index in [1.54, 1.807) is 0 Å². The van der Waals surface area contributed by atoms with Crippen molar-refractivity contribution in [3.05, 3.63) is 11.6 Å². The highest BCUT2D eigenvalue weighted by molar-refractivity contribution is 6.76. The fraction of sp³-hybridized carbons (Fsp3) is 0.833. The summed E-state index contributed by atoms with van der Waals surface area (Å²) in [7, 11) is -1.14. The van der Waals surface area contributed by atoms with E-state index < -0.39 is 13.7 Å². The highest BCUT2D eigenvalue weighted by Crippen LogP contribution is 2.25. The molecule has 0 saturated heterocycles. The number of rotatable bonds is 5. The molecule has 0 aliphatic rings. The minimum atomic E-state index is -1.14. The average Bonchev–Trinajstić information content (AvgIpc) is 1.78.